The molecule has 0 aliphatic carbocycles. The number of benzene rings is 1. The third-order valence-electron chi connectivity index (χ3n) is 4.39. The molecular weight excluding hydrogens is 350 g/mol. The molecule has 0 spiro atoms. The predicted molar refractivity (Wildman–Crippen MR) is 99.8 cm³/mol. The summed E-state index contributed by atoms with van der Waals surface area (Å²) in [5, 5.41) is 5.43. The number of hydrogen-bond donors (Lipinski definition) is 2. The standard InChI is InChI=1S/C19H25N3O5/c1-4-25-15-9-12(10-16(26-5-2)17(15)27-6-3)19(24)22-8-7-13-14(11-22)20-21-18(13)23/h9-10H,4-8,11H2,1-3H3,(H2,20,21,23). The van der Waals surface area contributed by atoms with E-state index in [1.54, 1.807) is 17.0 Å². The fourth-order valence-corrected chi connectivity index (χ4v) is 3.20. The number of ether oxygens (including phenoxy) is 3. The Labute approximate surface area is 157 Å². The van der Waals surface area contributed by atoms with Crippen molar-refractivity contribution in [1.82, 2.24) is 15.1 Å². The van der Waals surface area contributed by atoms with Gasteiger partial charge in [0.2, 0.25) is 5.75 Å². The van der Waals surface area contributed by atoms with Crippen molar-refractivity contribution in [3.63, 3.8) is 0 Å². The van der Waals surface area contributed by atoms with Crippen molar-refractivity contribution in [3.8, 4) is 17.2 Å². The molecule has 2 heterocycles. The Bertz CT molecular complexity index is 843. The molecule has 3 rings (SSSR count). The molecule has 27 heavy (non-hydrogen) atoms. The number of amides is 1. The van der Waals surface area contributed by atoms with E-state index in [0.717, 1.165) is 11.3 Å². The quantitative estimate of drug-likeness (QED) is 0.772. The molecule has 8 nitrogen and oxygen atoms in total. The van der Waals surface area contributed by atoms with Crippen molar-refractivity contribution in [2.75, 3.05) is 26.4 Å². The fraction of sp³-hybridized carbons (Fsp3) is 0.474. The molecule has 1 aliphatic rings. The summed E-state index contributed by atoms with van der Waals surface area (Å²) in [5.74, 6) is 1.34. The van der Waals surface area contributed by atoms with Crippen molar-refractivity contribution >= 4 is 5.91 Å². The minimum absolute atomic E-state index is 0.115. The predicted octanol–water partition coefficient (Wildman–Crippen LogP) is 2.10. The number of H-pyrrole nitrogens is 2. The minimum Gasteiger partial charge on any atom is -0.490 e. The number of carbonyl (C=O) groups is 1. The highest BCUT2D eigenvalue weighted by molar-refractivity contribution is 5.95. The summed E-state index contributed by atoms with van der Waals surface area (Å²) < 4.78 is 17.1. The lowest BCUT2D eigenvalue weighted by Crippen LogP contribution is -2.37. The maximum atomic E-state index is 13.1. The Balaban J connectivity index is 1.93. The zero-order valence-corrected chi connectivity index (χ0v) is 15.9. The molecular formula is C19H25N3O5. The van der Waals surface area contributed by atoms with Gasteiger partial charge in [-0.1, -0.05) is 0 Å². The Hall–Kier alpha value is -2.90. The Kier molecular flexibility index (Phi) is 5.73. The molecule has 1 amide bonds. The van der Waals surface area contributed by atoms with Crippen LogP contribution in [0, 0.1) is 0 Å². The van der Waals surface area contributed by atoms with Gasteiger partial charge in [0.15, 0.2) is 11.5 Å². The van der Waals surface area contributed by atoms with Crippen LogP contribution in [0.2, 0.25) is 0 Å². The lowest BCUT2D eigenvalue weighted by atomic mass is 10.1. The second-order valence-corrected chi connectivity index (χ2v) is 6.11. The van der Waals surface area contributed by atoms with Gasteiger partial charge in [-0.25, -0.2) is 0 Å². The highest BCUT2D eigenvalue weighted by Gasteiger charge is 2.26. The summed E-state index contributed by atoms with van der Waals surface area (Å²) in [6, 6.07) is 3.38. The van der Waals surface area contributed by atoms with Gasteiger partial charge in [-0.2, -0.15) is 0 Å². The Morgan fingerprint density at radius 1 is 1.04 bits per heavy atom. The number of carbonyl (C=O) groups excluding carboxylic acids is 1. The highest BCUT2D eigenvalue weighted by atomic mass is 16.5. The molecule has 0 atom stereocenters. The molecule has 0 fully saturated rings. The largest absolute Gasteiger partial charge is 0.490 e. The molecule has 146 valence electrons. The van der Waals surface area contributed by atoms with Gasteiger partial charge in [0.1, 0.15) is 0 Å². The lowest BCUT2D eigenvalue weighted by Gasteiger charge is -2.27. The van der Waals surface area contributed by atoms with Gasteiger partial charge in [-0.3, -0.25) is 14.7 Å². The van der Waals surface area contributed by atoms with Crippen LogP contribution in [0.25, 0.3) is 0 Å². The molecule has 1 aliphatic heterocycles. The van der Waals surface area contributed by atoms with Crippen molar-refractivity contribution < 1.29 is 19.0 Å². The second kappa shape index (κ2) is 8.20. The third kappa shape index (κ3) is 3.79. The number of fused-ring (bicyclic) bond motifs is 1. The van der Waals surface area contributed by atoms with Crippen LogP contribution in [0.5, 0.6) is 17.2 Å². The van der Waals surface area contributed by atoms with Gasteiger partial charge in [0, 0.05) is 17.7 Å². The number of aromatic amines is 2. The van der Waals surface area contributed by atoms with Gasteiger partial charge in [0.05, 0.1) is 32.1 Å². The van der Waals surface area contributed by atoms with Crippen molar-refractivity contribution in [1.29, 1.82) is 0 Å². The van der Waals surface area contributed by atoms with Crippen LogP contribution >= 0.6 is 0 Å². The van der Waals surface area contributed by atoms with Crippen LogP contribution in [0.15, 0.2) is 16.9 Å². The summed E-state index contributed by atoms with van der Waals surface area (Å²) in [5.41, 5.74) is 1.82. The van der Waals surface area contributed by atoms with E-state index in [9.17, 15) is 9.59 Å². The number of hydrogen-bond acceptors (Lipinski definition) is 5. The monoisotopic (exact) mass is 375 g/mol. The highest BCUT2D eigenvalue weighted by Crippen LogP contribution is 2.39. The van der Waals surface area contributed by atoms with Crippen LogP contribution in [-0.2, 0) is 13.0 Å². The Morgan fingerprint density at radius 2 is 1.67 bits per heavy atom. The molecule has 0 unspecified atom stereocenters. The smallest absolute Gasteiger partial charge is 0.267 e. The van der Waals surface area contributed by atoms with Gasteiger partial charge in [-0.05, 0) is 39.3 Å². The molecule has 0 radical (unpaired) electrons. The van der Waals surface area contributed by atoms with E-state index in [4.69, 9.17) is 14.2 Å². The SMILES string of the molecule is CCOc1cc(C(=O)N2CCc3c([nH][nH]c3=O)C2)cc(OCC)c1OCC. The van der Waals surface area contributed by atoms with Crippen molar-refractivity contribution in [2.24, 2.45) is 0 Å². The van der Waals surface area contributed by atoms with Crippen LogP contribution in [0.4, 0.5) is 0 Å². The maximum Gasteiger partial charge on any atom is 0.267 e. The van der Waals surface area contributed by atoms with E-state index in [0.29, 0.717) is 62.1 Å². The summed E-state index contributed by atoms with van der Waals surface area (Å²) in [4.78, 5) is 26.5. The van der Waals surface area contributed by atoms with E-state index in [1.807, 2.05) is 20.8 Å². The normalized spacial score (nSPS) is 13.2. The molecule has 0 bridgehead atoms. The first kappa shape index (κ1) is 18.9. The first-order chi connectivity index (χ1) is 13.1. The van der Waals surface area contributed by atoms with E-state index >= 15 is 0 Å². The molecule has 2 aromatic rings. The number of nitrogens with zero attached hydrogens (tertiary/aromatic N) is 1. The van der Waals surface area contributed by atoms with Crippen LogP contribution in [-0.4, -0.2) is 47.4 Å². The first-order valence-corrected chi connectivity index (χ1v) is 9.23. The van der Waals surface area contributed by atoms with E-state index < -0.39 is 0 Å². The molecule has 2 N–H and O–H groups in total. The van der Waals surface area contributed by atoms with Crippen molar-refractivity contribution in [3.05, 3.63) is 39.3 Å². The summed E-state index contributed by atoms with van der Waals surface area (Å²) in [7, 11) is 0. The zero-order valence-electron chi connectivity index (χ0n) is 15.9. The molecule has 0 saturated heterocycles. The average Bonchev–Trinajstić information content (AvgIpc) is 3.04. The molecule has 0 saturated carbocycles. The van der Waals surface area contributed by atoms with E-state index in [2.05, 4.69) is 10.2 Å². The summed E-state index contributed by atoms with van der Waals surface area (Å²) >= 11 is 0. The molecule has 1 aromatic heterocycles. The van der Waals surface area contributed by atoms with Gasteiger partial charge < -0.3 is 24.2 Å². The topological polar surface area (TPSA) is 96.7 Å². The maximum absolute atomic E-state index is 13.1. The lowest BCUT2D eigenvalue weighted by molar-refractivity contribution is 0.0731. The van der Waals surface area contributed by atoms with E-state index in [1.165, 1.54) is 0 Å². The number of aromatic nitrogens is 2. The second-order valence-electron chi connectivity index (χ2n) is 6.11. The van der Waals surface area contributed by atoms with Gasteiger partial charge in [0.25, 0.3) is 11.5 Å². The minimum atomic E-state index is -0.146. The number of nitrogens with one attached hydrogen (secondary N) is 2. The zero-order chi connectivity index (χ0) is 19.4. The average molecular weight is 375 g/mol. The van der Waals surface area contributed by atoms with Gasteiger partial charge >= 0.3 is 0 Å². The first-order valence-electron chi connectivity index (χ1n) is 9.23. The number of rotatable bonds is 7. The van der Waals surface area contributed by atoms with Gasteiger partial charge in [-0.15, -0.1) is 0 Å². The van der Waals surface area contributed by atoms with Crippen LogP contribution in [0.3, 0.4) is 0 Å². The van der Waals surface area contributed by atoms with E-state index in [-0.39, 0.29) is 11.5 Å². The Morgan fingerprint density at radius 3 is 2.26 bits per heavy atom. The fourth-order valence-electron chi connectivity index (χ4n) is 3.20. The summed E-state index contributed by atoms with van der Waals surface area (Å²) in [6.45, 7) is 7.82. The van der Waals surface area contributed by atoms with Crippen molar-refractivity contribution in [2.45, 2.75) is 33.7 Å². The molecule has 1 aromatic carbocycles. The van der Waals surface area contributed by atoms with Crippen LogP contribution < -0.4 is 19.8 Å². The third-order valence-corrected chi connectivity index (χ3v) is 4.39. The summed E-state index contributed by atoms with van der Waals surface area (Å²) in [6.07, 6.45) is 0.521. The molecule has 8 heteroatoms. The van der Waals surface area contributed by atoms with Crippen LogP contribution in [0.1, 0.15) is 42.4 Å².